The van der Waals surface area contributed by atoms with Gasteiger partial charge in [0.25, 0.3) is 0 Å². The Morgan fingerprint density at radius 2 is 0.640 bits per heavy atom. The van der Waals surface area contributed by atoms with Gasteiger partial charge in [-0.2, -0.15) is 0 Å². The highest BCUT2D eigenvalue weighted by Crippen LogP contribution is 2.17. The molecule has 0 heterocycles. The number of unbranched alkanes of at least 4 members (excludes halogenated alkanes) is 36. The van der Waals surface area contributed by atoms with Crippen LogP contribution < -0.4 is 5.32 Å². The lowest BCUT2D eigenvalue weighted by Gasteiger charge is -2.22. The summed E-state index contributed by atoms with van der Waals surface area (Å²) in [5.74, 6) is -0.0247. The van der Waals surface area contributed by atoms with Crippen LogP contribution in [0.25, 0.3) is 0 Å². The lowest BCUT2D eigenvalue weighted by Crippen LogP contribution is -2.45. The summed E-state index contributed by atoms with van der Waals surface area (Å²) in [7, 11) is 0. The van der Waals surface area contributed by atoms with Gasteiger partial charge in [0, 0.05) is 6.42 Å². The maximum absolute atomic E-state index is 12.4. The van der Waals surface area contributed by atoms with Crippen LogP contribution in [0.4, 0.5) is 0 Å². The number of carbonyl (C=O) groups is 1. The molecule has 4 heteroatoms. The molecule has 0 saturated carbocycles. The molecular formula is C46H93NO3. The van der Waals surface area contributed by atoms with Crippen molar-refractivity contribution in [2.24, 2.45) is 0 Å². The molecule has 0 aromatic rings. The van der Waals surface area contributed by atoms with Crippen molar-refractivity contribution in [2.45, 2.75) is 283 Å². The fourth-order valence-electron chi connectivity index (χ4n) is 7.54. The van der Waals surface area contributed by atoms with Crippen molar-refractivity contribution >= 4 is 5.91 Å². The zero-order valence-corrected chi connectivity index (χ0v) is 34.4. The molecule has 3 N–H and O–H groups in total. The van der Waals surface area contributed by atoms with Crippen molar-refractivity contribution in [1.82, 2.24) is 5.32 Å². The van der Waals surface area contributed by atoms with Gasteiger partial charge in [0.1, 0.15) is 0 Å². The number of rotatable bonds is 43. The first-order chi connectivity index (χ1) is 24.7. The van der Waals surface area contributed by atoms with Crippen molar-refractivity contribution in [3.8, 4) is 0 Å². The molecule has 0 bridgehead atoms. The molecule has 0 aliphatic carbocycles. The van der Waals surface area contributed by atoms with Crippen LogP contribution in [-0.2, 0) is 4.79 Å². The van der Waals surface area contributed by atoms with Crippen LogP contribution in [0.2, 0.25) is 0 Å². The molecule has 0 spiro atoms. The van der Waals surface area contributed by atoms with Crippen molar-refractivity contribution in [3.05, 3.63) is 0 Å². The number of aliphatic hydroxyl groups is 2. The summed E-state index contributed by atoms with van der Waals surface area (Å²) in [5.41, 5.74) is 0. The second-order valence-corrected chi connectivity index (χ2v) is 16.2. The summed E-state index contributed by atoms with van der Waals surface area (Å²) in [6.45, 7) is 4.39. The standard InChI is InChI=1S/C46H93NO3/c1-3-5-7-9-11-13-15-17-19-21-22-23-24-26-28-30-32-34-36-38-40-42-46(50)47-44(43-48)45(49)41-39-37-35-33-31-29-27-25-20-18-16-14-12-10-8-6-4-2/h44-45,48-49H,3-43H2,1-2H3,(H,47,50). The molecular weight excluding hydrogens is 615 g/mol. The number of carbonyl (C=O) groups excluding carboxylic acids is 1. The average molecular weight is 708 g/mol. The Morgan fingerprint density at radius 3 is 0.900 bits per heavy atom. The van der Waals surface area contributed by atoms with E-state index in [1.54, 1.807) is 0 Å². The third-order valence-corrected chi connectivity index (χ3v) is 11.1. The summed E-state index contributed by atoms with van der Waals surface area (Å²) in [6.07, 6.45) is 51.9. The smallest absolute Gasteiger partial charge is 0.220 e. The largest absolute Gasteiger partial charge is 0.394 e. The van der Waals surface area contributed by atoms with Gasteiger partial charge in [0.2, 0.25) is 5.91 Å². The molecule has 0 aliphatic heterocycles. The van der Waals surface area contributed by atoms with E-state index in [1.807, 2.05) is 0 Å². The fraction of sp³-hybridized carbons (Fsp3) is 0.978. The van der Waals surface area contributed by atoms with E-state index in [0.29, 0.717) is 12.8 Å². The van der Waals surface area contributed by atoms with Crippen LogP contribution in [0.1, 0.15) is 271 Å². The second kappa shape index (κ2) is 42.8. The molecule has 1 amide bonds. The quantitative estimate of drug-likeness (QED) is 0.0553. The molecule has 0 aromatic carbocycles. The Labute approximate surface area is 314 Å². The van der Waals surface area contributed by atoms with E-state index < -0.39 is 12.1 Å². The van der Waals surface area contributed by atoms with E-state index in [-0.39, 0.29) is 12.5 Å². The maximum Gasteiger partial charge on any atom is 0.220 e. The summed E-state index contributed by atoms with van der Waals surface area (Å²) >= 11 is 0. The molecule has 50 heavy (non-hydrogen) atoms. The van der Waals surface area contributed by atoms with Crippen molar-refractivity contribution in [3.63, 3.8) is 0 Å². The average Bonchev–Trinajstić information content (AvgIpc) is 3.12. The second-order valence-electron chi connectivity index (χ2n) is 16.2. The maximum atomic E-state index is 12.4. The van der Waals surface area contributed by atoms with Gasteiger partial charge in [-0.15, -0.1) is 0 Å². The number of hydrogen-bond donors (Lipinski definition) is 3. The Morgan fingerprint density at radius 1 is 0.400 bits per heavy atom. The first-order valence-electron chi connectivity index (χ1n) is 23.2. The molecule has 0 saturated heterocycles. The van der Waals surface area contributed by atoms with Gasteiger partial charge < -0.3 is 15.5 Å². The highest BCUT2D eigenvalue weighted by atomic mass is 16.3. The van der Waals surface area contributed by atoms with Crippen LogP contribution in [-0.4, -0.2) is 34.9 Å². The van der Waals surface area contributed by atoms with Gasteiger partial charge >= 0.3 is 0 Å². The summed E-state index contributed by atoms with van der Waals surface area (Å²) in [5, 5.41) is 23.2. The molecule has 0 aliphatic rings. The minimum absolute atomic E-state index is 0.0247. The third kappa shape index (κ3) is 38.6. The SMILES string of the molecule is CCCCCCCCCCCCCCCCCCCCCCCC(=O)NC(CO)C(O)CCCCCCCCCCCCCCCCCCC. The molecule has 0 aromatic heterocycles. The van der Waals surface area contributed by atoms with Gasteiger partial charge in [0.05, 0.1) is 18.8 Å². The van der Waals surface area contributed by atoms with E-state index >= 15 is 0 Å². The minimum Gasteiger partial charge on any atom is -0.394 e. The molecule has 4 nitrogen and oxygen atoms in total. The van der Waals surface area contributed by atoms with Gasteiger partial charge in [-0.1, -0.05) is 251 Å². The van der Waals surface area contributed by atoms with Gasteiger partial charge in [0.15, 0.2) is 0 Å². The fourth-order valence-corrected chi connectivity index (χ4v) is 7.54. The molecule has 0 rings (SSSR count). The van der Waals surface area contributed by atoms with E-state index in [2.05, 4.69) is 19.2 Å². The first kappa shape index (κ1) is 49.4. The van der Waals surface area contributed by atoms with Crippen molar-refractivity contribution in [1.29, 1.82) is 0 Å². The topological polar surface area (TPSA) is 69.6 Å². The van der Waals surface area contributed by atoms with Gasteiger partial charge in [-0.25, -0.2) is 0 Å². The zero-order chi connectivity index (χ0) is 36.4. The Kier molecular flexibility index (Phi) is 42.3. The Bertz CT molecular complexity index is 641. The summed E-state index contributed by atoms with van der Waals surface area (Å²) in [4.78, 5) is 12.4. The molecule has 300 valence electrons. The minimum atomic E-state index is -0.653. The van der Waals surface area contributed by atoms with Crippen molar-refractivity contribution in [2.75, 3.05) is 6.61 Å². The van der Waals surface area contributed by atoms with Crippen LogP contribution >= 0.6 is 0 Å². The van der Waals surface area contributed by atoms with E-state index in [1.165, 1.54) is 218 Å². The highest BCUT2D eigenvalue weighted by molar-refractivity contribution is 5.76. The number of amides is 1. The van der Waals surface area contributed by atoms with Crippen LogP contribution in [0.5, 0.6) is 0 Å². The normalized spacial score (nSPS) is 12.8. The number of aliphatic hydroxyl groups excluding tert-OH is 2. The number of hydrogen-bond acceptors (Lipinski definition) is 3. The molecule has 2 atom stereocenters. The third-order valence-electron chi connectivity index (χ3n) is 11.1. The van der Waals surface area contributed by atoms with E-state index in [0.717, 1.165) is 25.7 Å². The monoisotopic (exact) mass is 708 g/mol. The predicted molar refractivity (Wildman–Crippen MR) is 221 cm³/mol. The highest BCUT2D eigenvalue weighted by Gasteiger charge is 2.20. The van der Waals surface area contributed by atoms with Gasteiger partial charge in [-0.3, -0.25) is 4.79 Å². The zero-order valence-electron chi connectivity index (χ0n) is 34.4. The predicted octanol–water partition coefficient (Wildman–Crippen LogP) is 14.5. The molecule has 0 fully saturated rings. The summed E-state index contributed by atoms with van der Waals surface area (Å²) in [6, 6.07) is -0.529. The van der Waals surface area contributed by atoms with E-state index in [9.17, 15) is 15.0 Å². The van der Waals surface area contributed by atoms with Crippen LogP contribution in [0, 0.1) is 0 Å². The molecule has 2 unspecified atom stereocenters. The first-order valence-corrected chi connectivity index (χ1v) is 23.2. The lowest BCUT2D eigenvalue weighted by atomic mass is 10.0. The van der Waals surface area contributed by atoms with Gasteiger partial charge in [-0.05, 0) is 12.8 Å². The van der Waals surface area contributed by atoms with Crippen molar-refractivity contribution < 1.29 is 15.0 Å². The lowest BCUT2D eigenvalue weighted by molar-refractivity contribution is -0.123. The van der Waals surface area contributed by atoms with Crippen LogP contribution in [0.3, 0.4) is 0 Å². The Hall–Kier alpha value is -0.610. The number of nitrogens with one attached hydrogen (secondary N) is 1. The van der Waals surface area contributed by atoms with E-state index in [4.69, 9.17) is 0 Å². The Balaban J connectivity index is 3.45. The molecule has 0 radical (unpaired) electrons. The summed E-state index contributed by atoms with van der Waals surface area (Å²) < 4.78 is 0. The van der Waals surface area contributed by atoms with Crippen LogP contribution in [0.15, 0.2) is 0 Å².